The molecule has 0 aromatic carbocycles. The predicted molar refractivity (Wildman–Crippen MR) is 90.3 cm³/mol. The lowest BCUT2D eigenvalue weighted by Gasteiger charge is -2.50. The molecule has 0 radical (unpaired) electrons. The van der Waals surface area contributed by atoms with Crippen LogP contribution < -0.4 is 5.32 Å². The number of nitrogens with zero attached hydrogens (tertiary/aromatic N) is 1. The standard InChI is InChI=1S/C18H38N2/c1-6-14-19-17(15-16(7-2)8-3)18(20(4)5)12-10-9-11-13-18/h16-17,19H,6-15H2,1-5H3. The van der Waals surface area contributed by atoms with Crippen molar-refractivity contribution < 1.29 is 0 Å². The summed E-state index contributed by atoms with van der Waals surface area (Å²) in [5.41, 5.74) is 0.399. The monoisotopic (exact) mass is 282 g/mol. The first kappa shape index (κ1) is 18.0. The molecule has 1 rings (SSSR count). The average molecular weight is 283 g/mol. The van der Waals surface area contributed by atoms with Gasteiger partial charge in [-0.1, -0.05) is 52.9 Å². The fourth-order valence-corrected chi connectivity index (χ4v) is 4.04. The Labute approximate surface area is 127 Å². The summed E-state index contributed by atoms with van der Waals surface area (Å²) in [7, 11) is 4.61. The molecule has 0 aromatic rings. The average Bonchev–Trinajstić information content (AvgIpc) is 2.48. The van der Waals surface area contributed by atoms with E-state index in [2.05, 4.69) is 45.1 Å². The minimum atomic E-state index is 0.399. The Balaban J connectivity index is 2.85. The summed E-state index contributed by atoms with van der Waals surface area (Å²) in [4.78, 5) is 2.54. The van der Waals surface area contributed by atoms with E-state index in [1.165, 1.54) is 64.3 Å². The van der Waals surface area contributed by atoms with Crippen LogP contribution in [0.3, 0.4) is 0 Å². The van der Waals surface area contributed by atoms with E-state index in [1.807, 2.05) is 0 Å². The zero-order valence-electron chi connectivity index (χ0n) is 14.7. The lowest BCUT2D eigenvalue weighted by Crippen LogP contribution is -2.60. The summed E-state index contributed by atoms with van der Waals surface area (Å²) in [5.74, 6) is 0.878. The lowest BCUT2D eigenvalue weighted by atomic mass is 9.72. The molecule has 1 aliphatic rings. The van der Waals surface area contributed by atoms with Gasteiger partial charge in [-0.05, 0) is 52.2 Å². The predicted octanol–water partition coefficient (Wildman–Crippen LogP) is 4.45. The van der Waals surface area contributed by atoms with Gasteiger partial charge in [0.25, 0.3) is 0 Å². The highest BCUT2D eigenvalue weighted by Crippen LogP contribution is 2.38. The SMILES string of the molecule is CCCNC(CC(CC)CC)C1(N(C)C)CCCCC1. The highest BCUT2D eigenvalue weighted by molar-refractivity contribution is 5.01. The van der Waals surface area contributed by atoms with Crippen LogP contribution in [0.15, 0.2) is 0 Å². The number of hydrogen-bond donors (Lipinski definition) is 1. The third-order valence-corrected chi connectivity index (χ3v) is 5.62. The van der Waals surface area contributed by atoms with E-state index < -0.39 is 0 Å². The van der Waals surface area contributed by atoms with Gasteiger partial charge in [-0.15, -0.1) is 0 Å². The van der Waals surface area contributed by atoms with Crippen molar-refractivity contribution in [2.24, 2.45) is 5.92 Å². The van der Waals surface area contributed by atoms with E-state index in [4.69, 9.17) is 0 Å². The molecule has 1 N–H and O–H groups in total. The second kappa shape index (κ2) is 9.04. The normalized spacial score (nSPS) is 20.6. The van der Waals surface area contributed by atoms with Crippen LogP contribution in [-0.4, -0.2) is 37.1 Å². The number of rotatable bonds is 9. The maximum atomic E-state index is 3.92. The molecule has 1 aliphatic carbocycles. The van der Waals surface area contributed by atoms with Gasteiger partial charge in [0.1, 0.15) is 0 Å². The van der Waals surface area contributed by atoms with E-state index >= 15 is 0 Å². The van der Waals surface area contributed by atoms with E-state index in [0.717, 1.165) is 5.92 Å². The van der Waals surface area contributed by atoms with Crippen molar-refractivity contribution in [2.45, 2.75) is 90.1 Å². The fourth-order valence-electron chi connectivity index (χ4n) is 4.04. The molecule has 0 amide bonds. The van der Waals surface area contributed by atoms with Crippen molar-refractivity contribution >= 4 is 0 Å². The molecular formula is C18H38N2. The molecule has 1 fully saturated rings. The molecule has 0 aromatic heterocycles. The minimum Gasteiger partial charge on any atom is -0.312 e. The van der Waals surface area contributed by atoms with Crippen LogP contribution in [0.25, 0.3) is 0 Å². The van der Waals surface area contributed by atoms with Gasteiger partial charge in [-0.25, -0.2) is 0 Å². The summed E-state index contributed by atoms with van der Waals surface area (Å²) in [6.07, 6.45) is 12.2. The van der Waals surface area contributed by atoms with Crippen molar-refractivity contribution in [3.05, 3.63) is 0 Å². The number of hydrogen-bond acceptors (Lipinski definition) is 2. The second-order valence-corrected chi connectivity index (χ2v) is 6.98. The van der Waals surface area contributed by atoms with Gasteiger partial charge in [0, 0.05) is 11.6 Å². The highest BCUT2D eigenvalue weighted by atomic mass is 15.2. The van der Waals surface area contributed by atoms with Crippen molar-refractivity contribution in [3.63, 3.8) is 0 Å². The second-order valence-electron chi connectivity index (χ2n) is 6.98. The van der Waals surface area contributed by atoms with Crippen molar-refractivity contribution in [3.8, 4) is 0 Å². The van der Waals surface area contributed by atoms with Gasteiger partial charge in [0.05, 0.1) is 0 Å². The molecule has 1 atom stereocenters. The summed E-state index contributed by atoms with van der Waals surface area (Å²) < 4.78 is 0. The van der Waals surface area contributed by atoms with Gasteiger partial charge in [0.15, 0.2) is 0 Å². The maximum absolute atomic E-state index is 3.92. The number of nitrogens with one attached hydrogen (secondary N) is 1. The summed E-state index contributed by atoms with van der Waals surface area (Å²) in [5, 5.41) is 3.92. The Kier molecular flexibility index (Phi) is 8.13. The first-order valence-electron chi connectivity index (χ1n) is 9.01. The van der Waals surface area contributed by atoms with Crippen molar-refractivity contribution in [1.82, 2.24) is 10.2 Å². The van der Waals surface area contributed by atoms with Crippen LogP contribution in [0.5, 0.6) is 0 Å². The van der Waals surface area contributed by atoms with E-state index in [-0.39, 0.29) is 0 Å². The Morgan fingerprint density at radius 2 is 1.60 bits per heavy atom. The Hall–Kier alpha value is -0.0800. The van der Waals surface area contributed by atoms with E-state index in [1.54, 1.807) is 0 Å². The molecule has 0 bridgehead atoms. The topological polar surface area (TPSA) is 15.3 Å². The Bertz CT molecular complexity index is 240. The maximum Gasteiger partial charge on any atom is 0.0356 e. The molecule has 0 spiro atoms. The van der Waals surface area contributed by atoms with Crippen LogP contribution in [0.4, 0.5) is 0 Å². The van der Waals surface area contributed by atoms with Gasteiger partial charge in [-0.3, -0.25) is 0 Å². The smallest absolute Gasteiger partial charge is 0.0356 e. The molecule has 2 heteroatoms. The van der Waals surface area contributed by atoms with Crippen molar-refractivity contribution in [1.29, 1.82) is 0 Å². The highest BCUT2D eigenvalue weighted by Gasteiger charge is 2.41. The quantitative estimate of drug-likeness (QED) is 0.672. The molecule has 1 saturated carbocycles. The van der Waals surface area contributed by atoms with Crippen LogP contribution in [0, 0.1) is 5.92 Å². The zero-order valence-corrected chi connectivity index (χ0v) is 14.7. The van der Waals surface area contributed by atoms with Gasteiger partial charge < -0.3 is 10.2 Å². The van der Waals surface area contributed by atoms with Gasteiger partial charge >= 0.3 is 0 Å². The lowest BCUT2D eigenvalue weighted by molar-refractivity contribution is 0.0461. The first-order chi connectivity index (χ1) is 9.60. The third-order valence-electron chi connectivity index (χ3n) is 5.62. The van der Waals surface area contributed by atoms with Crippen molar-refractivity contribution in [2.75, 3.05) is 20.6 Å². The fraction of sp³-hybridized carbons (Fsp3) is 1.00. The molecule has 1 unspecified atom stereocenters. The van der Waals surface area contributed by atoms with Gasteiger partial charge in [-0.2, -0.15) is 0 Å². The van der Waals surface area contributed by atoms with Crippen LogP contribution in [0.1, 0.15) is 78.6 Å². The largest absolute Gasteiger partial charge is 0.312 e. The minimum absolute atomic E-state index is 0.399. The van der Waals surface area contributed by atoms with Gasteiger partial charge in [0.2, 0.25) is 0 Å². The molecule has 2 nitrogen and oxygen atoms in total. The van der Waals surface area contributed by atoms with Crippen LogP contribution in [-0.2, 0) is 0 Å². The zero-order chi connectivity index (χ0) is 15.0. The van der Waals surface area contributed by atoms with Crippen LogP contribution in [0.2, 0.25) is 0 Å². The molecule has 20 heavy (non-hydrogen) atoms. The number of likely N-dealkylation sites (N-methyl/N-ethyl adjacent to an activating group) is 1. The Morgan fingerprint density at radius 1 is 1.00 bits per heavy atom. The van der Waals surface area contributed by atoms with E-state index in [0.29, 0.717) is 11.6 Å². The summed E-state index contributed by atoms with van der Waals surface area (Å²) in [6, 6.07) is 0.669. The van der Waals surface area contributed by atoms with E-state index in [9.17, 15) is 0 Å². The molecular weight excluding hydrogens is 244 g/mol. The Morgan fingerprint density at radius 3 is 2.05 bits per heavy atom. The third kappa shape index (κ3) is 4.46. The first-order valence-corrected chi connectivity index (χ1v) is 9.01. The molecule has 0 aliphatic heterocycles. The molecule has 0 heterocycles. The molecule has 120 valence electrons. The molecule has 0 saturated heterocycles. The summed E-state index contributed by atoms with van der Waals surface area (Å²) >= 11 is 0. The summed E-state index contributed by atoms with van der Waals surface area (Å²) in [6.45, 7) is 8.16. The van der Waals surface area contributed by atoms with Crippen LogP contribution >= 0.6 is 0 Å².